The molecule has 1 amide bonds. The third kappa shape index (κ3) is 2.09. The molecule has 1 spiro atoms. The lowest BCUT2D eigenvalue weighted by molar-refractivity contribution is -0.124. The lowest BCUT2D eigenvalue weighted by atomic mass is 9.91. The van der Waals surface area contributed by atoms with Gasteiger partial charge >= 0.3 is 0 Å². The number of piperidine rings is 1. The fourth-order valence-electron chi connectivity index (χ4n) is 4.10. The van der Waals surface area contributed by atoms with Crippen molar-refractivity contribution < 1.29 is 4.79 Å². The molecule has 108 valence electrons. The first kappa shape index (κ1) is 12.8. The van der Waals surface area contributed by atoms with Gasteiger partial charge in [0, 0.05) is 10.8 Å². The van der Waals surface area contributed by atoms with Crippen molar-refractivity contribution in [3.63, 3.8) is 0 Å². The first-order valence-electron chi connectivity index (χ1n) is 7.86. The average Bonchev–Trinajstić information content (AvgIpc) is 2.95. The summed E-state index contributed by atoms with van der Waals surface area (Å²) in [5.41, 5.74) is 1.73. The van der Waals surface area contributed by atoms with E-state index in [2.05, 4.69) is 22.1 Å². The molecule has 0 aromatic carbocycles. The number of rotatable bonds is 2. The molecule has 20 heavy (non-hydrogen) atoms. The SMILES string of the molecule is O=C(NC1CCCc2sccc21)C1CC12CCNCC2. The van der Waals surface area contributed by atoms with Gasteiger partial charge in [-0.1, -0.05) is 0 Å². The quantitative estimate of drug-likeness (QED) is 0.879. The van der Waals surface area contributed by atoms with Crippen LogP contribution < -0.4 is 10.6 Å². The van der Waals surface area contributed by atoms with Gasteiger partial charge in [-0.25, -0.2) is 0 Å². The molecule has 2 heterocycles. The minimum absolute atomic E-state index is 0.275. The summed E-state index contributed by atoms with van der Waals surface area (Å²) in [4.78, 5) is 14.0. The number of hydrogen-bond donors (Lipinski definition) is 2. The Bertz CT molecular complexity index is 518. The molecule has 1 saturated carbocycles. The van der Waals surface area contributed by atoms with Crippen molar-refractivity contribution in [2.45, 2.75) is 44.6 Å². The molecule has 2 unspecified atom stereocenters. The maximum absolute atomic E-state index is 12.6. The van der Waals surface area contributed by atoms with E-state index in [-0.39, 0.29) is 12.0 Å². The Balaban J connectivity index is 1.42. The van der Waals surface area contributed by atoms with Crippen LogP contribution >= 0.6 is 11.3 Å². The highest BCUT2D eigenvalue weighted by Crippen LogP contribution is 2.58. The lowest BCUT2D eigenvalue weighted by Crippen LogP contribution is -2.35. The van der Waals surface area contributed by atoms with E-state index in [0.29, 0.717) is 11.3 Å². The molecule has 4 heteroatoms. The Labute approximate surface area is 124 Å². The minimum Gasteiger partial charge on any atom is -0.349 e. The number of hydrogen-bond acceptors (Lipinski definition) is 3. The Morgan fingerprint density at radius 1 is 1.40 bits per heavy atom. The Morgan fingerprint density at radius 3 is 3.10 bits per heavy atom. The van der Waals surface area contributed by atoms with Crippen LogP contribution in [0.15, 0.2) is 11.4 Å². The molecule has 1 aromatic rings. The smallest absolute Gasteiger partial charge is 0.224 e. The number of thiophene rings is 1. The summed E-state index contributed by atoms with van der Waals surface area (Å²) >= 11 is 1.84. The van der Waals surface area contributed by atoms with Gasteiger partial charge in [-0.15, -0.1) is 11.3 Å². The number of fused-ring (bicyclic) bond motifs is 1. The van der Waals surface area contributed by atoms with Crippen molar-refractivity contribution in [2.75, 3.05) is 13.1 Å². The van der Waals surface area contributed by atoms with Gasteiger partial charge in [0.05, 0.1) is 6.04 Å². The monoisotopic (exact) mass is 290 g/mol. The fraction of sp³-hybridized carbons (Fsp3) is 0.688. The number of nitrogens with one attached hydrogen (secondary N) is 2. The summed E-state index contributed by atoms with van der Waals surface area (Å²) < 4.78 is 0. The highest BCUT2D eigenvalue weighted by Gasteiger charge is 2.57. The fourth-order valence-corrected chi connectivity index (χ4v) is 5.09. The zero-order chi connectivity index (χ0) is 13.6. The second kappa shape index (κ2) is 4.85. The molecule has 4 rings (SSSR count). The van der Waals surface area contributed by atoms with Gasteiger partial charge in [0.25, 0.3) is 0 Å². The molecule has 3 nitrogen and oxygen atoms in total. The van der Waals surface area contributed by atoms with Crippen LogP contribution in [0.5, 0.6) is 0 Å². The predicted molar refractivity (Wildman–Crippen MR) is 80.8 cm³/mol. The van der Waals surface area contributed by atoms with E-state index in [0.717, 1.165) is 25.9 Å². The molecule has 0 bridgehead atoms. The second-order valence-corrected chi connectivity index (χ2v) is 7.62. The number of carbonyl (C=O) groups is 1. The van der Waals surface area contributed by atoms with Crippen molar-refractivity contribution in [1.82, 2.24) is 10.6 Å². The summed E-state index contributed by atoms with van der Waals surface area (Å²) in [5.74, 6) is 0.601. The third-order valence-corrected chi connectivity index (χ3v) is 6.47. The summed E-state index contributed by atoms with van der Waals surface area (Å²) in [5, 5.41) is 8.91. The van der Waals surface area contributed by atoms with Crippen LogP contribution in [-0.4, -0.2) is 19.0 Å². The number of amides is 1. The van der Waals surface area contributed by atoms with Crippen LogP contribution in [0.1, 0.15) is 48.6 Å². The van der Waals surface area contributed by atoms with Crippen molar-refractivity contribution in [3.05, 3.63) is 21.9 Å². The van der Waals surface area contributed by atoms with E-state index in [9.17, 15) is 4.79 Å². The zero-order valence-electron chi connectivity index (χ0n) is 11.8. The summed E-state index contributed by atoms with van der Waals surface area (Å²) in [7, 11) is 0. The molecule has 2 aliphatic carbocycles. The molecular weight excluding hydrogens is 268 g/mol. The lowest BCUT2D eigenvalue weighted by Gasteiger charge is -2.26. The summed E-state index contributed by atoms with van der Waals surface area (Å²) in [6.45, 7) is 2.17. The summed E-state index contributed by atoms with van der Waals surface area (Å²) in [6, 6.07) is 2.48. The van der Waals surface area contributed by atoms with Crippen molar-refractivity contribution in [3.8, 4) is 0 Å². The van der Waals surface area contributed by atoms with Gasteiger partial charge in [-0.05, 0) is 74.0 Å². The van der Waals surface area contributed by atoms with Crippen LogP contribution in [-0.2, 0) is 11.2 Å². The first-order chi connectivity index (χ1) is 9.78. The molecule has 0 radical (unpaired) electrons. The van der Waals surface area contributed by atoms with Crippen molar-refractivity contribution in [2.24, 2.45) is 11.3 Å². The highest BCUT2D eigenvalue weighted by atomic mass is 32.1. The molecule has 1 saturated heterocycles. The Kier molecular flexibility index (Phi) is 3.11. The van der Waals surface area contributed by atoms with Crippen LogP contribution in [0.25, 0.3) is 0 Å². The molecule has 3 aliphatic rings. The topological polar surface area (TPSA) is 41.1 Å². The minimum atomic E-state index is 0.275. The highest BCUT2D eigenvalue weighted by molar-refractivity contribution is 7.10. The zero-order valence-corrected chi connectivity index (χ0v) is 12.6. The molecule has 2 N–H and O–H groups in total. The molecule has 2 atom stereocenters. The van der Waals surface area contributed by atoms with Gasteiger partial charge in [0.2, 0.25) is 5.91 Å². The van der Waals surface area contributed by atoms with E-state index < -0.39 is 0 Å². The van der Waals surface area contributed by atoms with Gasteiger partial charge < -0.3 is 10.6 Å². The van der Waals surface area contributed by atoms with Crippen molar-refractivity contribution in [1.29, 1.82) is 0 Å². The normalized spacial score (nSPS) is 30.8. The standard InChI is InChI=1S/C16H22N2OS/c19-15(12-10-16(12)5-7-17-8-6-16)18-13-2-1-3-14-11(13)4-9-20-14/h4,9,12-13,17H,1-3,5-8,10H2,(H,18,19). The van der Waals surface area contributed by atoms with E-state index in [1.807, 2.05) is 11.3 Å². The first-order valence-corrected chi connectivity index (χ1v) is 8.74. The second-order valence-electron chi connectivity index (χ2n) is 6.62. The number of carbonyl (C=O) groups excluding carboxylic acids is 1. The van der Waals surface area contributed by atoms with E-state index in [1.165, 1.54) is 36.1 Å². The van der Waals surface area contributed by atoms with E-state index in [1.54, 1.807) is 0 Å². The van der Waals surface area contributed by atoms with Crippen LogP contribution in [0.3, 0.4) is 0 Å². The van der Waals surface area contributed by atoms with Gasteiger partial charge in [0.1, 0.15) is 0 Å². The van der Waals surface area contributed by atoms with Crippen LogP contribution in [0, 0.1) is 11.3 Å². The third-order valence-electron chi connectivity index (χ3n) is 5.47. The largest absolute Gasteiger partial charge is 0.349 e. The van der Waals surface area contributed by atoms with Crippen LogP contribution in [0.2, 0.25) is 0 Å². The van der Waals surface area contributed by atoms with Gasteiger partial charge in [0.15, 0.2) is 0 Å². The van der Waals surface area contributed by atoms with Gasteiger partial charge in [-0.3, -0.25) is 4.79 Å². The Morgan fingerprint density at radius 2 is 2.25 bits per heavy atom. The van der Waals surface area contributed by atoms with Crippen molar-refractivity contribution >= 4 is 17.2 Å². The van der Waals surface area contributed by atoms with E-state index in [4.69, 9.17) is 0 Å². The molecular formula is C16H22N2OS. The molecule has 1 aliphatic heterocycles. The molecule has 1 aromatic heterocycles. The maximum Gasteiger partial charge on any atom is 0.224 e. The Hall–Kier alpha value is -0.870. The van der Waals surface area contributed by atoms with E-state index >= 15 is 0 Å². The number of aryl methyl sites for hydroxylation is 1. The summed E-state index contributed by atoms with van der Waals surface area (Å²) in [6.07, 6.45) is 6.98. The molecule has 2 fully saturated rings. The van der Waals surface area contributed by atoms with Gasteiger partial charge in [-0.2, -0.15) is 0 Å². The predicted octanol–water partition coefficient (Wildman–Crippen LogP) is 2.63. The van der Waals surface area contributed by atoms with Crippen LogP contribution in [0.4, 0.5) is 0 Å². The average molecular weight is 290 g/mol. The maximum atomic E-state index is 12.6.